The van der Waals surface area contributed by atoms with Gasteiger partial charge in [-0.05, 0) is 56.0 Å². The fraction of sp³-hybridized carbons (Fsp3) is 0.524. The molecule has 1 aromatic carbocycles. The summed E-state index contributed by atoms with van der Waals surface area (Å²) < 4.78 is 0. The maximum absolute atomic E-state index is 4.18. The zero-order valence-corrected chi connectivity index (χ0v) is 15.7. The van der Waals surface area contributed by atoms with E-state index in [1.165, 1.54) is 29.6 Å². The number of nitrogens with one attached hydrogen (secondary N) is 1. The topological polar surface area (TPSA) is 12.0 Å². The Bertz CT molecular complexity index is 520. The first-order valence-corrected chi connectivity index (χ1v) is 10.1. The largest absolute Gasteiger partial charge is 0.313 e. The van der Waals surface area contributed by atoms with Gasteiger partial charge in [-0.2, -0.15) is 11.8 Å². The van der Waals surface area contributed by atoms with Gasteiger partial charge in [-0.25, -0.2) is 0 Å². The van der Waals surface area contributed by atoms with Crippen LogP contribution in [-0.2, 0) is 6.42 Å². The third-order valence-corrected chi connectivity index (χ3v) is 5.85. The molecule has 3 atom stereocenters. The Morgan fingerprint density at radius 3 is 2.65 bits per heavy atom. The Labute approximate surface area is 146 Å². The molecule has 1 N–H and O–H groups in total. The van der Waals surface area contributed by atoms with Crippen LogP contribution in [0.3, 0.4) is 0 Å². The van der Waals surface area contributed by atoms with Crippen LogP contribution in [0.15, 0.2) is 54.1 Å². The summed E-state index contributed by atoms with van der Waals surface area (Å²) in [6.45, 7) is 9.70. The lowest BCUT2D eigenvalue weighted by Crippen LogP contribution is -2.44. The summed E-state index contributed by atoms with van der Waals surface area (Å²) in [7, 11) is 0. The Hall–Kier alpha value is -0.990. The molecule has 0 aliphatic heterocycles. The lowest BCUT2D eigenvalue weighted by atomic mass is 9.79. The van der Waals surface area contributed by atoms with Crippen LogP contribution in [0.2, 0.25) is 0 Å². The second-order valence-electron chi connectivity index (χ2n) is 6.64. The van der Waals surface area contributed by atoms with Gasteiger partial charge in [0.25, 0.3) is 0 Å². The van der Waals surface area contributed by atoms with E-state index in [0.717, 1.165) is 19.4 Å². The van der Waals surface area contributed by atoms with Crippen molar-refractivity contribution in [2.45, 2.75) is 50.8 Å². The van der Waals surface area contributed by atoms with Gasteiger partial charge in [0.1, 0.15) is 0 Å². The Morgan fingerprint density at radius 1 is 1.30 bits per heavy atom. The quantitative estimate of drug-likeness (QED) is 0.654. The van der Waals surface area contributed by atoms with Crippen molar-refractivity contribution in [2.75, 3.05) is 12.8 Å². The minimum absolute atomic E-state index is 0.552. The Balaban J connectivity index is 2.18. The zero-order chi connectivity index (χ0) is 16.7. The molecule has 2 rings (SSSR count). The van der Waals surface area contributed by atoms with Gasteiger partial charge >= 0.3 is 0 Å². The molecule has 23 heavy (non-hydrogen) atoms. The first kappa shape index (κ1) is 18.4. The molecule has 1 aliphatic rings. The summed E-state index contributed by atoms with van der Waals surface area (Å²) in [6.07, 6.45) is 9.48. The monoisotopic (exact) mass is 329 g/mol. The van der Waals surface area contributed by atoms with E-state index in [1.807, 2.05) is 11.8 Å². The molecule has 0 spiro atoms. The summed E-state index contributed by atoms with van der Waals surface area (Å²) >= 11 is 1.98. The van der Waals surface area contributed by atoms with Gasteiger partial charge in [-0.15, -0.1) is 0 Å². The highest BCUT2D eigenvalue weighted by Crippen LogP contribution is 2.35. The van der Waals surface area contributed by atoms with Gasteiger partial charge in [0.05, 0.1) is 0 Å². The Morgan fingerprint density at radius 2 is 2.04 bits per heavy atom. The van der Waals surface area contributed by atoms with E-state index in [2.05, 4.69) is 68.4 Å². The van der Waals surface area contributed by atoms with E-state index in [-0.39, 0.29) is 0 Å². The van der Waals surface area contributed by atoms with E-state index in [4.69, 9.17) is 0 Å². The summed E-state index contributed by atoms with van der Waals surface area (Å²) in [6, 6.07) is 11.5. The Kier molecular flexibility index (Phi) is 7.45. The molecule has 1 aliphatic carbocycles. The molecule has 0 bridgehead atoms. The third kappa shape index (κ3) is 5.26. The van der Waals surface area contributed by atoms with Crippen LogP contribution in [-0.4, -0.2) is 24.1 Å². The maximum atomic E-state index is 4.18. The number of unbranched alkanes of at least 4 members (excludes halogenated alkanes) is 1. The first-order chi connectivity index (χ1) is 11.2. The highest BCUT2D eigenvalue weighted by atomic mass is 32.2. The van der Waals surface area contributed by atoms with Crippen LogP contribution < -0.4 is 5.32 Å². The molecule has 0 saturated carbocycles. The number of benzene rings is 1. The third-order valence-electron chi connectivity index (χ3n) is 4.82. The molecule has 2 heteroatoms. The number of allylic oxidation sites excluding steroid dienone is 1. The average Bonchev–Trinajstić information content (AvgIpc) is 2.57. The number of hydrogen-bond donors (Lipinski definition) is 1. The van der Waals surface area contributed by atoms with Gasteiger partial charge < -0.3 is 5.32 Å². The second-order valence-corrected chi connectivity index (χ2v) is 7.66. The van der Waals surface area contributed by atoms with Gasteiger partial charge in [0.15, 0.2) is 0 Å². The van der Waals surface area contributed by atoms with E-state index in [9.17, 15) is 0 Å². The highest BCUT2D eigenvalue weighted by molar-refractivity contribution is 7.99. The molecule has 0 fully saturated rings. The average molecular weight is 330 g/mol. The summed E-state index contributed by atoms with van der Waals surface area (Å²) in [5.41, 5.74) is 4.12. The van der Waals surface area contributed by atoms with Crippen LogP contribution in [0.4, 0.5) is 0 Å². The standard InChI is InChI=1S/C21H31NS/c1-5-6-12-22-20-14-18(16(2)3)15-21(23-4)19(20)13-17-10-8-7-9-11-17/h7-11,15,19-22H,2,5-6,12-14H2,1,3-4H3. The fourth-order valence-corrected chi connectivity index (χ4v) is 4.33. The highest BCUT2D eigenvalue weighted by Gasteiger charge is 2.32. The van der Waals surface area contributed by atoms with Crippen LogP contribution in [0.25, 0.3) is 0 Å². The number of hydrogen-bond acceptors (Lipinski definition) is 2. The van der Waals surface area contributed by atoms with E-state index < -0.39 is 0 Å². The van der Waals surface area contributed by atoms with Gasteiger partial charge in [0, 0.05) is 11.3 Å². The molecular weight excluding hydrogens is 298 g/mol. The van der Waals surface area contributed by atoms with Crippen molar-refractivity contribution >= 4 is 11.8 Å². The summed E-state index contributed by atoms with van der Waals surface area (Å²) in [4.78, 5) is 0. The predicted octanol–water partition coefficient (Wildman–Crippen LogP) is 5.24. The molecule has 3 unspecified atom stereocenters. The van der Waals surface area contributed by atoms with Gasteiger partial charge in [-0.1, -0.05) is 61.9 Å². The fourth-order valence-electron chi connectivity index (χ4n) is 3.40. The van der Waals surface area contributed by atoms with Crippen molar-refractivity contribution in [3.63, 3.8) is 0 Å². The minimum atomic E-state index is 0.552. The minimum Gasteiger partial charge on any atom is -0.313 e. The molecule has 0 amide bonds. The van der Waals surface area contributed by atoms with E-state index in [0.29, 0.717) is 17.2 Å². The lowest BCUT2D eigenvalue weighted by molar-refractivity contribution is 0.340. The van der Waals surface area contributed by atoms with Crippen molar-refractivity contribution in [3.8, 4) is 0 Å². The van der Waals surface area contributed by atoms with Gasteiger partial charge in [0.2, 0.25) is 0 Å². The van der Waals surface area contributed by atoms with Crippen molar-refractivity contribution in [2.24, 2.45) is 5.92 Å². The molecular formula is C21H31NS. The number of rotatable bonds is 8. The SMILES string of the molecule is C=C(C)C1=CC(SC)C(Cc2ccccc2)C(NCCCC)C1. The molecule has 0 radical (unpaired) electrons. The molecule has 1 nitrogen and oxygen atoms in total. The van der Waals surface area contributed by atoms with Crippen LogP contribution >= 0.6 is 11.8 Å². The summed E-state index contributed by atoms with van der Waals surface area (Å²) in [5.74, 6) is 0.646. The normalized spacial score (nSPS) is 24.3. The van der Waals surface area contributed by atoms with Crippen molar-refractivity contribution in [3.05, 3.63) is 59.7 Å². The van der Waals surface area contributed by atoms with E-state index in [1.54, 1.807) is 0 Å². The molecule has 126 valence electrons. The molecule has 0 heterocycles. The van der Waals surface area contributed by atoms with Crippen molar-refractivity contribution < 1.29 is 0 Å². The van der Waals surface area contributed by atoms with Crippen molar-refractivity contribution in [1.82, 2.24) is 5.32 Å². The van der Waals surface area contributed by atoms with E-state index >= 15 is 0 Å². The van der Waals surface area contributed by atoms with Crippen molar-refractivity contribution in [1.29, 1.82) is 0 Å². The van der Waals surface area contributed by atoms with Gasteiger partial charge in [-0.3, -0.25) is 0 Å². The zero-order valence-electron chi connectivity index (χ0n) is 14.8. The molecule has 1 aromatic rings. The smallest absolute Gasteiger partial charge is 0.0276 e. The predicted molar refractivity (Wildman–Crippen MR) is 105 cm³/mol. The molecule has 0 aromatic heterocycles. The van der Waals surface area contributed by atoms with Crippen LogP contribution in [0.5, 0.6) is 0 Å². The second kappa shape index (κ2) is 9.34. The summed E-state index contributed by atoms with van der Waals surface area (Å²) in [5, 5.41) is 4.41. The van der Waals surface area contributed by atoms with Crippen LogP contribution in [0, 0.1) is 5.92 Å². The maximum Gasteiger partial charge on any atom is 0.0276 e. The lowest BCUT2D eigenvalue weighted by Gasteiger charge is -2.38. The molecule has 0 saturated heterocycles. The van der Waals surface area contributed by atoms with Crippen LogP contribution in [0.1, 0.15) is 38.7 Å². The number of thioether (sulfide) groups is 1. The first-order valence-electron chi connectivity index (χ1n) is 8.82.